The lowest BCUT2D eigenvalue weighted by Gasteiger charge is -2.16. The zero-order valence-electron chi connectivity index (χ0n) is 17.3. The lowest BCUT2D eigenvalue weighted by atomic mass is 9.90. The third-order valence-electron chi connectivity index (χ3n) is 5.05. The van der Waals surface area contributed by atoms with Crippen LogP contribution in [0.4, 0.5) is 5.69 Å². The topological polar surface area (TPSA) is 92.2 Å². The molecule has 4 rings (SSSR count). The molecular formula is C23H24N4O3S. The number of rotatable bonds is 6. The average Bonchev–Trinajstić information content (AvgIpc) is 3.12. The number of carbonyl (C=O) groups is 2. The highest BCUT2D eigenvalue weighted by atomic mass is 32.2. The van der Waals surface area contributed by atoms with Gasteiger partial charge in [-0.15, -0.1) is 5.10 Å². The van der Waals surface area contributed by atoms with E-state index in [0.717, 1.165) is 36.3 Å². The largest absolute Gasteiger partial charge is 0.494 e. The molecule has 2 aromatic carbocycles. The van der Waals surface area contributed by atoms with Crippen LogP contribution in [0.3, 0.4) is 0 Å². The predicted octanol–water partition coefficient (Wildman–Crippen LogP) is 3.74. The van der Waals surface area contributed by atoms with Crippen LogP contribution in [0.1, 0.15) is 37.3 Å². The lowest BCUT2D eigenvalue weighted by molar-refractivity contribution is -0.122. The first-order valence-electron chi connectivity index (χ1n) is 10.4. The number of aryl methyl sites for hydroxylation is 1. The van der Waals surface area contributed by atoms with Crippen molar-refractivity contribution in [3.8, 4) is 5.75 Å². The van der Waals surface area contributed by atoms with Gasteiger partial charge in [-0.3, -0.25) is 9.59 Å². The number of amidine groups is 1. The van der Waals surface area contributed by atoms with Crippen molar-refractivity contribution in [2.75, 3.05) is 11.9 Å². The Hall–Kier alpha value is -3.13. The predicted molar refractivity (Wildman–Crippen MR) is 124 cm³/mol. The summed E-state index contributed by atoms with van der Waals surface area (Å²) in [6.07, 6.45) is 3.00. The summed E-state index contributed by atoms with van der Waals surface area (Å²) < 4.78 is 5.39. The van der Waals surface area contributed by atoms with Gasteiger partial charge in [0.15, 0.2) is 5.17 Å². The van der Waals surface area contributed by atoms with Gasteiger partial charge in [0.1, 0.15) is 11.0 Å². The van der Waals surface area contributed by atoms with Crippen LogP contribution >= 0.6 is 11.8 Å². The Morgan fingerprint density at radius 2 is 1.97 bits per heavy atom. The number of thioether (sulfide) groups is 1. The molecule has 1 atom stereocenters. The number of ether oxygens (including phenoxy) is 1. The van der Waals surface area contributed by atoms with Gasteiger partial charge < -0.3 is 15.4 Å². The van der Waals surface area contributed by atoms with Gasteiger partial charge in [0.05, 0.1) is 12.3 Å². The molecule has 0 unspecified atom stereocenters. The van der Waals surface area contributed by atoms with Gasteiger partial charge >= 0.3 is 0 Å². The molecule has 8 heteroatoms. The zero-order chi connectivity index (χ0) is 21.6. The van der Waals surface area contributed by atoms with Gasteiger partial charge in [-0.1, -0.05) is 36.0 Å². The lowest BCUT2D eigenvalue weighted by Crippen LogP contribution is -2.28. The third-order valence-corrected chi connectivity index (χ3v) is 6.12. The van der Waals surface area contributed by atoms with Gasteiger partial charge in [-0.05, 0) is 56.0 Å². The number of carbonyl (C=O) groups excluding carboxylic acids is 2. The fraction of sp³-hybridized carbons (Fsp3) is 0.304. The summed E-state index contributed by atoms with van der Waals surface area (Å²) in [5.41, 5.74) is 3.99. The van der Waals surface area contributed by atoms with Crippen molar-refractivity contribution >= 4 is 40.1 Å². The first-order valence-corrected chi connectivity index (χ1v) is 11.2. The number of hydrogen-bond acceptors (Lipinski definition) is 6. The molecule has 0 radical (unpaired) electrons. The molecule has 2 aliphatic rings. The Balaban J connectivity index is 1.35. The molecule has 2 amide bonds. The van der Waals surface area contributed by atoms with E-state index >= 15 is 0 Å². The maximum Gasteiger partial charge on any atom is 0.240 e. The molecule has 1 aliphatic heterocycles. The minimum atomic E-state index is -0.528. The van der Waals surface area contributed by atoms with Crippen molar-refractivity contribution in [1.29, 1.82) is 0 Å². The van der Waals surface area contributed by atoms with E-state index < -0.39 is 5.25 Å². The molecule has 0 spiro atoms. The fourth-order valence-corrected chi connectivity index (χ4v) is 4.50. The molecule has 1 saturated heterocycles. The highest BCUT2D eigenvalue weighted by Gasteiger charge is 2.32. The van der Waals surface area contributed by atoms with E-state index in [9.17, 15) is 9.59 Å². The van der Waals surface area contributed by atoms with Crippen LogP contribution in [0.2, 0.25) is 0 Å². The second-order valence-corrected chi connectivity index (χ2v) is 8.46. The first-order chi connectivity index (χ1) is 15.1. The molecule has 2 N–H and O–H groups in total. The fourth-order valence-electron chi connectivity index (χ4n) is 3.58. The molecule has 0 aromatic heterocycles. The molecule has 0 saturated carbocycles. The van der Waals surface area contributed by atoms with Gasteiger partial charge in [-0.2, -0.15) is 5.10 Å². The minimum Gasteiger partial charge on any atom is -0.494 e. The van der Waals surface area contributed by atoms with E-state index in [4.69, 9.17) is 4.74 Å². The van der Waals surface area contributed by atoms with Crippen molar-refractivity contribution in [2.45, 2.75) is 37.9 Å². The Kier molecular flexibility index (Phi) is 6.66. The Bertz CT molecular complexity index is 1030. The SMILES string of the molecule is CCOc1ccc(NC(=O)C[C@H]2S/C(=N/N=C3/CCCc4ccccc43)NC2=O)cc1. The number of nitrogens with one attached hydrogen (secondary N) is 2. The molecule has 1 heterocycles. The van der Waals surface area contributed by atoms with E-state index in [1.165, 1.54) is 17.3 Å². The van der Waals surface area contributed by atoms with Crippen molar-refractivity contribution in [3.05, 3.63) is 59.7 Å². The Morgan fingerprint density at radius 1 is 1.16 bits per heavy atom. The number of benzene rings is 2. The van der Waals surface area contributed by atoms with E-state index in [0.29, 0.717) is 17.5 Å². The molecule has 0 bridgehead atoms. The quantitative estimate of drug-likeness (QED) is 0.675. The van der Waals surface area contributed by atoms with Crippen LogP contribution in [0.15, 0.2) is 58.7 Å². The third kappa shape index (κ3) is 5.32. The van der Waals surface area contributed by atoms with Gasteiger partial charge in [0.2, 0.25) is 11.8 Å². The smallest absolute Gasteiger partial charge is 0.240 e. The monoisotopic (exact) mass is 436 g/mol. The van der Waals surface area contributed by atoms with Crippen molar-refractivity contribution in [3.63, 3.8) is 0 Å². The molecule has 31 heavy (non-hydrogen) atoms. The second kappa shape index (κ2) is 9.78. The summed E-state index contributed by atoms with van der Waals surface area (Å²) in [4.78, 5) is 24.7. The highest BCUT2D eigenvalue weighted by molar-refractivity contribution is 8.15. The number of anilines is 1. The maximum absolute atomic E-state index is 12.4. The molecule has 160 valence electrons. The number of fused-ring (bicyclic) bond motifs is 1. The molecule has 1 aliphatic carbocycles. The summed E-state index contributed by atoms with van der Waals surface area (Å²) in [5.74, 6) is 0.287. The summed E-state index contributed by atoms with van der Waals surface area (Å²) in [7, 11) is 0. The molecule has 1 fully saturated rings. The standard InChI is InChI=1S/C23H24N4O3S/c1-2-30-17-12-10-16(11-13-17)24-21(28)14-20-22(29)25-23(31-20)27-26-19-9-5-7-15-6-3-4-8-18(15)19/h3-4,6,8,10-13,20H,2,5,7,9,14H2,1H3,(H,24,28)(H,25,27,29)/b26-19-/t20-/m1/s1. The van der Waals surface area contributed by atoms with Gasteiger partial charge in [0.25, 0.3) is 0 Å². The first kappa shape index (κ1) is 21.1. The van der Waals surface area contributed by atoms with Crippen molar-refractivity contribution in [1.82, 2.24) is 5.32 Å². The van der Waals surface area contributed by atoms with Crippen LogP contribution in [-0.2, 0) is 16.0 Å². The number of hydrogen-bond donors (Lipinski definition) is 2. The van der Waals surface area contributed by atoms with Crippen LogP contribution < -0.4 is 15.4 Å². The molecule has 7 nitrogen and oxygen atoms in total. The highest BCUT2D eigenvalue weighted by Crippen LogP contribution is 2.25. The number of amides is 2. The van der Waals surface area contributed by atoms with Crippen LogP contribution in [0, 0.1) is 0 Å². The molecular weight excluding hydrogens is 412 g/mol. The summed E-state index contributed by atoms with van der Waals surface area (Å²) in [5, 5.41) is 14.1. The average molecular weight is 437 g/mol. The summed E-state index contributed by atoms with van der Waals surface area (Å²) in [6.45, 7) is 2.50. The summed E-state index contributed by atoms with van der Waals surface area (Å²) >= 11 is 1.24. The summed E-state index contributed by atoms with van der Waals surface area (Å²) in [6, 6.07) is 15.3. The second-order valence-electron chi connectivity index (χ2n) is 7.27. The minimum absolute atomic E-state index is 0.0577. The van der Waals surface area contributed by atoms with E-state index in [1.807, 2.05) is 19.1 Å². The Morgan fingerprint density at radius 3 is 2.77 bits per heavy atom. The van der Waals surface area contributed by atoms with E-state index in [1.54, 1.807) is 24.3 Å². The normalized spacial score (nSPS) is 20.4. The Labute approximate surface area is 185 Å². The van der Waals surface area contributed by atoms with E-state index in [2.05, 4.69) is 33.0 Å². The van der Waals surface area contributed by atoms with Crippen LogP contribution in [0.25, 0.3) is 0 Å². The van der Waals surface area contributed by atoms with Crippen LogP contribution in [0.5, 0.6) is 5.75 Å². The van der Waals surface area contributed by atoms with Gasteiger partial charge in [0, 0.05) is 17.7 Å². The number of nitrogens with zero attached hydrogens (tertiary/aromatic N) is 2. The van der Waals surface area contributed by atoms with Gasteiger partial charge in [-0.25, -0.2) is 0 Å². The zero-order valence-corrected chi connectivity index (χ0v) is 18.1. The van der Waals surface area contributed by atoms with Crippen LogP contribution in [-0.4, -0.2) is 34.6 Å². The molecule has 2 aromatic rings. The van der Waals surface area contributed by atoms with Crippen molar-refractivity contribution < 1.29 is 14.3 Å². The van der Waals surface area contributed by atoms with Crippen molar-refractivity contribution in [2.24, 2.45) is 10.2 Å². The van der Waals surface area contributed by atoms with E-state index in [-0.39, 0.29) is 18.2 Å². The maximum atomic E-state index is 12.4.